The predicted molar refractivity (Wildman–Crippen MR) is 62.7 cm³/mol. The highest BCUT2D eigenvalue weighted by Gasteiger charge is 2.14. The van der Waals surface area contributed by atoms with Gasteiger partial charge in [-0.1, -0.05) is 0 Å². The molecule has 1 amide bonds. The number of nitrogens with two attached hydrogens (primary N) is 1. The number of amides is 1. The summed E-state index contributed by atoms with van der Waals surface area (Å²) in [4.78, 5) is 14.3. The van der Waals surface area contributed by atoms with Crippen LogP contribution in [-0.2, 0) is 4.79 Å². The maximum atomic E-state index is 13.1. The van der Waals surface area contributed by atoms with Crippen LogP contribution in [0.4, 0.5) is 20.2 Å². The number of carbonyl (C=O) groups is 1. The van der Waals surface area contributed by atoms with Crippen molar-refractivity contribution in [1.82, 2.24) is 4.90 Å². The van der Waals surface area contributed by atoms with E-state index >= 15 is 0 Å². The molecule has 0 fully saturated rings. The Kier molecular flexibility index (Phi) is 3.88. The predicted octanol–water partition coefficient (Wildman–Crippen LogP) is 1.07. The van der Waals surface area contributed by atoms with Crippen LogP contribution in [-0.4, -0.2) is 38.5 Å². The van der Waals surface area contributed by atoms with E-state index in [0.717, 1.165) is 12.1 Å². The molecule has 0 aliphatic rings. The van der Waals surface area contributed by atoms with E-state index in [1.54, 1.807) is 21.1 Å². The molecule has 94 valence electrons. The largest absolute Gasteiger partial charge is 0.397 e. The highest BCUT2D eigenvalue weighted by molar-refractivity contribution is 5.82. The van der Waals surface area contributed by atoms with Crippen LogP contribution in [0.25, 0.3) is 0 Å². The van der Waals surface area contributed by atoms with Gasteiger partial charge in [0.15, 0.2) is 11.6 Å². The lowest BCUT2D eigenvalue weighted by Crippen LogP contribution is -2.34. The molecular formula is C11H15F2N3O. The summed E-state index contributed by atoms with van der Waals surface area (Å²) in [6, 6.07) is 1.88. The average molecular weight is 243 g/mol. The molecule has 0 heterocycles. The Balaban J connectivity index is 2.93. The molecule has 1 aromatic rings. The number of halogens is 2. The summed E-state index contributed by atoms with van der Waals surface area (Å²) in [5.74, 6) is -2.14. The minimum atomic E-state index is -1.00. The van der Waals surface area contributed by atoms with Gasteiger partial charge in [0.1, 0.15) is 0 Å². The molecule has 2 N–H and O–H groups in total. The minimum absolute atomic E-state index is 0.0439. The second-order valence-electron chi connectivity index (χ2n) is 3.97. The quantitative estimate of drug-likeness (QED) is 0.808. The number of hydrogen-bond acceptors (Lipinski definition) is 3. The molecular weight excluding hydrogens is 228 g/mol. The average Bonchev–Trinajstić information content (AvgIpc) is 2.22. The first kappa shape index (κ1) is 13.2. The maximum absolute atomic E-state index is 13.1. The number of rotatable bonds is 3. The standard InChI is InChI=1S/C11H15F2N3O/c1-15(2)11(17)6-16(3)10-5-8(13)7(12)4-9(10)14/h4-5H,6,14H2,1-3H3. The van der Waals surface area contributed by atoms with Gasteiger partial charge in [-0.25, -0.2) is 8.78 Å². The molecule has 0 bridgehead atoms. The Labute approximate surface area is 98.6 Å². The molecule has 0 radical (unpaired) electrons. The van der Waals surface area contributed by atoms with E-state index in [0.29, 0.717) is 5.69 Å². The molecule has 0 saturated carbocycles. The monoisotopic (exact) mass is 243 g/mol. The summed E-state index contributed by atoms with van der Waals surface area (Å²) in [5.41, 5.74) is 5.96. The van der Waals surface area contributed by atoms with Gasteiger partial charge in [-0.05, 0) is 0 Å². The summed E-state index contributed by atoms with van der Waals surface area (Å²) in [5, 5.41) is 0. The summed E-state index contributed by atoms with van der Waals surface area (Å²) in [7, 11) is 4.82. The van der Waals surface area contributed by atoms with Gasteiger partial charge >= 0.3 is 0 Å². The Morgan fingerprint density at radius 3 is 2.29 bits per heavy atom. The number of carbonyl (C=O) groups excluding carboxylic acids is 1. The molecule has 17 heavy (non-hydrogen) atoms. The Morgan fingerprint density at radius 2 is 1.76 bits per heavy atom. The normalized spacial score (nSPS) is 10.2. The van der Waals surface area contributed by atoms with Crippen molar-refractivity contribution in [2.75, 3.05) is 38.3 Å². The lowest BCUT2D eigenvalue weighted by molar-refractivity contribution is -0.127. The zero-order chi connectivity index (χ0) is 13.2. The zero-order valence-electron chi connectivity index (χ0n) is 10.00. The van der Waals surface area contributed by atoms with Crippen molar-refractivity contribution in [2.24, 2.45) is 0 Å². The molecule has 6 heteroatoms. The van der Waals surface area contributed by atoms with Gasteiger partial charge in [-0.3, -0.25) is 4.79 Å². The molecule has 0 aliphatic heterocycles. The second-order valence-corrected chi connectivity index (χ2v) is 3.97. The van der Waals surface area contributed by atoms with Gasteiger partial charge in [0.05, 0.1) is 17.9 Å². The van der Waals surface area contributed by atoms with Crippen molar-refractivity contribution < 1.29 is 13.6 Å². The molecule has 0 atom stereocenters. The number of anilines is 2. The van der Waals surface area contributed by atoms with E-state index in [1.165, 1.54) is 9.80 Å². The van der Waals surface area contributed by atoms with Crippen LogP contribution in [0.1, 0.15) is 0 Å². The van der Waals surface area contributed by atoms with Gasteiger partial charge in [0.25, 0.3) is 0 Å². The highest BCUT2D eigenvalue weighted by Crippen LogP contribution is 2.25. The van der Waals surface area contributed by atoms with Gasteiger partial charge in [0, 0.05) is 33.3 Å². The maximum Gasteiger partial charge on any atom is 0.241 e. The summed E-state index contributed by atoms with van der Waals surface area (Å²) in [6.07, 6.45) is 0. The Morgan fingerprint density at radius 1 is 1.24 bits per heavy atom. The minimum Gasteiger partial charge on any atom is -0.397 e. The lowest BCUT2D eigenvalue weighted by atomic mass is 10.2. The number of hydrogen-bond donors (Lipinski definition) is 1. The number of likely N-dealkylation sites (N-methyl/N-ethyl adjacent to an activating group) is 2. The van der Waals surface area contributed by atoms with Gasteiger partial charge in [-0.2, -0.15) is 0 Å². The third-order valence-electron chi connectivity index (χ3n) is 2.35. The Hall–Kier alpha value is -1.85. The topological polar surface area (TPSA) is 49.6 Å². The SMILES string of the molecule is CN(C)C(=O)CN(C)c1cc(F)c(F)cc1N. The van der Waals surface area contributed by atoms with Crippen LogP contribution in [0.15, 0.2) is 12.1 Å². The van der Waals surface area contributed by atoms with E-state index in [9.17, 15) is 13.6 Å². The van der Waals surface area contributed by atoms with Crippen molar-refractivity contribution in [2.45, 2.75) is 0 Å². The van der Waals surface area contributed by atoms with Crippen molar-refractivity contribution in [1.29, 1.82) is 0 Å². The van der Waals surface area contributed by atoms with E-state index in [2.05, 4.69) is 0 Å². The number of nitrogens with zero attached hydrogens (tertiary/aromatic N) is 2. The van der Waals surface area contributed by atoms with Crippen LogP contribution < -0.4 is 10.6 Å². The van der Waals surface area contributed by atoms with Crippen LogP contribution in [0.5, 0.6) is 0 Å². The first-order valence-electron chi connectivity index (χ1n) is 4.98. The third kappa shape index (κ3) is 3.05. The molecule has 0 aromatic heterocycles. The highest BCUT2D eigenvalue weighted by atomic mass is 19.2. The first-order chi connectivity index (χ1) is 7.82. The van der Waals surface area contributed by atoms with Crippen molar-refractivity contribution in [3.8, 4) is 0 Å². The van der Waals surface area contributed by atoms with Crippen LogP contribution in [0.3, 0.4) is 0 Å². The Bertz CT molecular complexity index is 435. The van der Waals surface area contributed by atoms with Crippen LogP contribution in [0, 0.1) is 11.6 Å². The van der Waals surface area contributed by atoms with Gasteiger partial charge in [-0.15, -0.1) is 0 Å². The van der Waals surface area contributed by atoms with Gasteiger partial charge in [0.2, 0.25) is 5.91 Å². The summed E-state index contributed by atoms with van der Waals surface area (Å²) in [6.45, 7) is 0.0439. The fourth-order valence-corrected chi connectivity index (χ4v) is 1.31. The van der Waals surface area contributed by atoms with Gasteiger partial charge < -0.3 is 15.5 Å². The summed E-state index contributed by atoms with van der Waals surface area (Å²) < 4.78 is 25.9. The van der Waals surface area contributed by atoms with Crippen molar-refractivity contribution in [3.05, 3.63) is 23.8 Å². The number of benzene rings is 1. The number of nitrogen functional groups attached to an aromatic ring is 1. The molecule has 0 aliphatic carbocycles. The van der Waals surface area contributed by atoms with E-state index in [4.69, 9.17) is 5.73 Å². The van der Waals surface area contributed by atoms with Crippen LogP contribution >= 0.6 is 0 Å². The second kappa shape index (κ2) is 4.99. The molecule has 0 unspecified atom stereocenters. The first-order valence-corrected chi connectivity index (χ1v) is 4.98. The van der Waals surface area contributed by atoms with Crippen LogP contribution in [0.2, 0.25) is 0 Å². The smallest absolute Gasteiger partial charge is 0.241 e. The molecule has 0 spiro atoms. The molecule has 1 aromatic carbocycles. The molecule has 1 rings (SSSR count). The zero-order valence-corrected chi connectivity index (χ0v) is 10.00. The summed E-state index contributed by atoms with van der Waals surface area (Å²) >= 11 is 0. The fraction of sp³-hybridized carbons (Fsp3) is 0.364. The van der Waals surface area contributed by atoms with E-state index in [-0.39, 0.29) is 18.1 Å². The van der Waals surface area contributed by atoms with Crippen molar-refractivity contribution >= 4 is 17.3 Å². The lowest BCUT2D eigenvalue weighted by Gasteiger charge is -2.22. The van der Waals surface area contributed by atoms with E-state index in [1.807, 2.05) is 0 Å². The molecule has 4 nitrogen and oxygen atoms in total. The fourth-order valence-electron chi connectivity index (χ4n) is 1.31. The third-order valence-corrected chi connectivity index (χ3v) is 2.35. The molecule has 0 saturated heterocycles. The van der Waals surface area contributed by atoms with E-state index < -0.39 is 11.6 Å². The van der Waals surface area contributed by atoms with Crippen molar-refractivity contribution in [3.63, 3.8) is 0 Å².